The molecule has 0 bridgehead atoms. The minimum atomic E-state index is -0.0239. The Kier molecular flexibility index (Phi) is 2.73. The molecule has 2 aromatic heterocycles. The maximum Gasteiger partial charge on any atom is 0.0952 e. The Morgan fingerprint density at radius 2 is 2.40 bits per heavy atom. The van der Waals surface area contributed by atoms with E-state index in [0.29, 0.717) is 6.54 Å². The average Bonchev–Trinajstić information content (AvgIpc) is 2.67. The highest BCUT2D eigenvalue weighted by Gasteiger charge is 2.07. The van der Waals surface area contributed by atoms with Crippen molar-refractivity contribution in [3.8, 4) is 0 Å². The fourth-order valence-electron chi connectivity index (χ4n) is 1.43. The number of aromatic nitrogens is 4. The van der Waals surface area contributed by atoms with E-state index in [1.54, 1.807) is 18.7 Å². The Labute approximate surface area is 88.0 Å². The molecule has 5 heteroatoms. The molecule has 0 amide bonds. The van der Waals surface area contributed by atoms with Gasteiger partial charge in [-0.05, 0) is 19.1 Å². The van der Waals surface area contributed by atoms with Crippen molar-refractivity contribution in [2.75, 3.05) is 0 Å². The van der Waals surface area contributed by atoms with Crippen LogP contribution in [0, 0.1) is 0 Å². The normalized spacial score (nSPS) is 12.7. The van der Waals surface area contributed by atoms with Crippen LogP contribution < -0.4 is 5.73 Å². The maximum absolute atomic E-state index is 5.82. The van der Waals surface area contributed by atoms with Gasteiger partial charge in [-0.25, -0.2) is 4.98 Å². The Balaban J connectivity index is 2.21. The van der Waals surface area contributed by atoms with Gasteiger partial charge < -0.3 is 10.3 Å². The summed E-state index contributed by atoms with van der Waals surface area (Å²) in [7, 11) is 0. The smallest absolute Gasteiger partial charge is 0.0952 e. The summed E-state index contributed by atoms with van der Waals surface area (Å²) in [5, 5.41) is 7.84. The van der Waals surface area contributed by atoms with Gasteiger partial charge in [0, 0.05) is 18.4 Å². The van der Waals surface area contributed by atoms with Crippen LogP contribution in [0.5, 0.6) is 0 Å². The van der Waals surface area contributed by atoms with Crippen molar-refractivity contribution >= 4 is 0 Å². The predicted octanol–water partition coefficient (Wildman–Crippen LogP) is 0.741. The van der Waals surface area contributed by atoms with Crippen molar-refractivity contribution < 1.29 is 0 Å². The van der Waals surface area contributed by atoms with Gasteiger partial charge in [0.2, 0.25) is 0 Å². The SMILES string of the molecule is C[C@@H](N)c1cncn1Cc1cccnn1. The van der Waals surface area contributed by atoms with Gasteiger partial charge in [-0.3, -0.25) is 0 Å². The van der Waals surface area contributed by atoms with Gasteiger partial charge in [0.25, 0.3) is 0 Å². The summed E-state index contributed by atoms with van der Waals surface area (Å²) in [5.74, 6) is 0. The van der Waals surface area contributed by atoms with Gasteiger partial charge in [0.15, 0.2) is 0 Å². The Morgan fingerprint density at radius 3 is 3.07 bits per heavy atom. The predicted molar refractivity (Wildman–Crippen MR) is 56.0 cm³/mol. The first-order chi connectivity index (χ1) is 7.27. The molecule has 0 saturated heterocycles. The lowest BCUT2D eigenvalue weighted by Crippen LogP contribution is -2.13. The molecule has 15 heavy (non-hydrogen) atoms. The van der Waals surface area contributed by atoms with E-state index in [1.807, 2.05) is 23.6 Å². The largest absolute Gasteiger partial charge is 0.327 e. The van der Waals surface area contributed by atoms with Crippen molar-refractivity contribution in [1.29, 1.82) is 0 Å². The van der Waals surface area contributed by atoms with Crippen LogP contribution in [-0.2, 0) is 6.54 Å². The van der Waals surface area contributed by atoms with Gasteiger partial charge in [0.1, 0.15) is 0 Å². The fourth-order valence-corrected chi connectivity index (χ4v) is 1.43. The molecule has 2 aromatic rings. The maximum atomic E-state index is 5.82. The third-order valence-electron chi connectivity index (χ3n) is 2.17. The van der Waals surface area contributed by atoms with Gasteiger partial charge in [-0.15, -0.1) is 0 Å². The van der Waals surface area contributed by atoms with Gasteiger partial charge >= 0.3 is 0 Å². The van der Waals surface area contributed by atoms with E-state index in [9.17, 15) is 0 Å². The molecule has 5 nitrogen and oxygen atoms in total. The number of nitrogens with zero attached hydrogens (tertiary/aromatic N) is 4. The standard InChI is InChI=1S/C10H13N5/c1-8(11)10-5-12-7-15(10)6-9-3-2-4-13-14-9/h2-5,7-8H,6,11H2,1H3/t8-/m1/s1. The first kappa shape index (κ1) is 9.79. The number of rotatable bonds is 3. The lowest BCUT2D eigenvalue weighted by atomic mass is 10.2. The van der Waals surface area contributed by atoms with E-state index in [2.05, 4.69) is 15.2 Å². The topological polar surface area (TPSA) is 69.6 Å². The van der Waals surface area contributed by atoms with Crippen LogP contribution in [0.15, 0.2) is 30.9 Å². The second kappa shape index (κ2) is 4.18. The Hall–Kier alpha value is -1.75. The molecule has 1 atom stereocenters. The van der Waals surface area contributed by atoms with Crippen molar-refractivity contribution in [3.05, 3.63) is 42.2 Å². The zero-order valence-electron chi connectivity index (χ0n) is 8.54. The molecule has 0 unspecified atom stereocenters. The van der Waals surface area contributed by atoms with Crippen LogP contribution in [-0.4, -0.2) is 19.7 Å². The van der Waals surface area contributed by atoms with Crippen molar-refractivity contribution in [2.24, 2.45) is 5.73 Å². The number of hydrogen-bond donors (Lipinski definition) is 1. The summed E-state index contributed by atoms with van der Waals surface area (Å²) in [6.07, 6.45) is 5.19. The highest BCUT2D eigenvalue weighted by molar-refractivity contribution is 5.07. The molecular weight excluding hydrogens is 190 g/mol. The average molecular weight is 203 g/mol. The molecule has 0 aliphatic carbocycles. The second-order valence-electron chi connectivity index (χ2n) is 3.45. The van der Waals surface area contributed by atoms with E-state index in [0.717, 1.165) is 11.4 Å². The summed E-state index contributed by atoms with van der Waals surface area (Å²) in [5.41, 5.74) is 7.72. The molecule has 2 N–H and O–H groups in total. The molecule has 2 heterocycles. The molecule has 0 radical (unpaired) electrons. The second-order valence-corrected chi connectivity index (χ2v) is 3.45. The molecular formula is C10H13N5. The zero-order chi connectivity index (χ0) is 10.7. The molecule has 0 aromatic carbocycles. The van der Waals surface area contributed by atoms with Crippen LogP contribution in [0.25, 0.3) is 0 Å². The summed E-state index contributed by atoms with van der Waals surface area (Å²) in [4.78, 5) is 4.07. The lowest BCUT2D eigenvalue weighted by Gasteiger charge is -2.09. The van der Waals surface area contributed by atoms with Crippen molar-refractivity contribution in [1.82, 2.24) is 19.7 Å². The highest BCUT2D eigenvalue weighted by Crippen LogP contribution is 2.09. The van der Waals surface area contributed by atoms with Crippen molar-refractivity contribution in [3.63, 3.8) is 0 Å². The van der Waals surface area contributed by atoms with E-state index in [1.165, 1.54) is 0 Å². The minimum absolute atomic E-state index is 0.0239. The molecule has 78 valence electrons. The summed E-state index contributed by atoms with van der Waals surface area (Å²) >= 11 is 0. The van der Waals surface area contributed by atoms with E-state index in [4.69, 9.17) is 5.73 Å². The fraction of sp³-hybridized carbons (Fsp3) is 0.300. The minimum Gasteiger partial charge on any atom is -0.327 e. The molecule has 0 saturated carbocycles. The number of nitrogens with two attached hydrogens (primary N) is 1. The highest BCUT2D eigenvalue weighted by atomic mass is 15.1. The van der Waals surface area contributed by atoms with Crippen LogP contribution in [0.2, 0.25) is 0 Å². The van der Waals surface area contributed by atoms with E-state index in [-0.39, 0.29) is 6.04 Å². The summed E-state index contributed by atoms with van der Waals surface area (Å²) < 4.78 is 1.98. The molecule has 0 spiro atoms. The quantitative estimate of drug-likeness (QED) is 0.798. The Morgan fingerprint density at radius 1 is 1.53 bits per heavy atom. The third-order valence-corrected chi connectivity index (χ3v) is 2.17. The number of imidazole rings is 1. The van der Waals surface area contributed by atoms with Crippen molar-refractivity contribution in [2.45, 2.75) is 19.5 Å². The van der Waals surface area contributed by atoms with Crippen LogP contribution in [0.1, 0.15) is 24.4 Å². The van der Waals surface area contributed by atoms with Crippen LogP contribution >= 0.6 is 0 Å². The third kappa shape index (κ3) is 2.19. The van der Waals surface area contributed by atoms with Crippen LogP contribution in [0.3, 0.4) is 0 Å². The number of hydrogen-bond acceptors (Lipinski definition) is 4. The van der Waals surface area contributed by atoms with Gasteiger partial charge in [-0.2, -0.15) is 10.2 Å². The first-order valence-electron chi connectivity index (χ1n) is 4.79. The molecule has 0 aliphatic rings. The molecule has 0 aliphatic heterocycles. The van der Waals surface area contributed by atoms with Gasteiger partial charge in [0.05, 0.1) is 24.3 Å². The summed E-state index contributed by atoms with van der Waals surface area (Å²) in [6.45, 7) is 2.59. The van der Waals surface area contributed by atoms with Gasteiger partial charge in [-0.1, -0.05) is 0 Å². The molecule has 0 fully saturated rings. The summed E-state index contributed by atoms with van der Waals surface area (Å²) in [6, 6.07) is 3.77. The zero-order valence-corrected chi connectivity index (χ0v) is 8.54. The first-order valence-corrected chi connectivity index (χ1v) is 4.79. The lowest BCUT2D eigenvalue weighted by molar-refractivity contribution is 0.659. The molecule has 2 rings (SSSR count). The monoisotopic (exact) mass is 203 g/mol. The Bertz CT molecular complexity index is 420. The van der Waals surface area contributed by atoms with Crippen LogP contribution in [0.4, 0.5) is 0 Å². The van der Waals surface area contributed by atoms with E-state index >= 15 is 0 Å². The van der Waals surface area contributed by atoms with E-state index < -0.39 is 0 Å².